The van der Waals surface area contributed by atoms with E-state index in [0.717, 1.165) is 24.5 Å². The van der Waals surface area contributed by atoms with E-state index in [4.69, 9.17) is 4.74 Å². The first-order valence-electron chi connectivity index (χ1n) is 7.12. The van der Waals surface area contributed by atoms with E-state index in [-0.39, 0.29) is 0 Å². The van der Waals surface area contributed by atoms with E-state index in [0.29, 0.717) is 12.0 Å². The molecular weight excluding hydrogens is 224 g/mol. The van der Waals surface area contributed by atoms with E-state index in [2.05, 4.69) is 30.2 Å². The monoisotopic (exact) mass is 248 g/mol. The van der Waals surface area contributed by atoms with Gasteiger partial charge in [0.25, 0.3) is 0 Å². The van der Waals surface area contributed by atoms with E-state index in [1.54, 1.807) is 0 Å². The number of rotatable bonds is 5. The molecule has 100 valence electrons. The van der Waals surface area contributed by atoms with Crippen molar-refractivity contribution in [2.75, 3.05) is 6.54 Å². The molecule has 1 fully saturated rings. The summed E-state index contributed by atoms with van der Waals surface area (Å²) >= 11 is 0. The largest absolute Gasteiger partial charge is 0.490 e. The molecule has 0 saturated heterocycles. The van der Waals surface area contributed by atoms with Crippen molar-refractivity contribution in [2.45, 2.75) is 52.2 Å². The average Bonchev–Trinajstić information content (AvgIpc) is 2.40. The van der Waals surface area contributed by atoms with Gasteiger partial charge >= 0.3 is 0 Å². The molecule has 1 aliphatic carbocycles. The van der Waals surface area contributed by atoms with Gasteiger partial charge in [0.05, 0.1) is 5.69 Å². The van der Waals surface area contributed by atoms with Gasteiger partial charge in [-0.2, -0.15) is 0 Å². The highest BCUT2D eigenvalue weighted by Gasteiger charge is 2.22. The lowest BCUT2D eigenvalue weighted by atomic mass is 9.88. The van der Waals surface area contributed by atoms with Crippen molar-refractivity contribution in [2.24, 2.45) is 5.92 Å². The number of hydrogen-bond donors (Lipinski definition) is 1. The molecule has 2 rings (SSSR count). The SMILES string of the molecule is CCNCc1cc(OC2CCCCC2C)ccn1. The third-order valence-electron chi connectivity index (χ3n) is 3.66. The van der Waals surface area contributed by atoms with Gasteiger partial charge in [-0.25, -0.2) is 0 Å². The highest BCUT2D eigenvalue weighted by molar-refractivity contribution is 5.23. The van der Waals surface area contributed by atoms with E-state index < -0.39 is 0 Å². The smallest absolute Gasteiger partial charge is 0.123 e. The van der Waals surface area contributed by atoms with Crippen LogP contribution in [-0.2, 0) is 6.54 Å². The lowest BCUT2D eigenvalue weighted by Crippen LogP contribution is -2.28. The fraction of sp³-hybridized carbons (Fsp3) is 0.667. The molecule has 18 heavy (non-hydrogen) atoms. The van der Waals surface area contributed by atoms with Crippen molar-refractivity contribution < 1.29 is 4.74 Å². The Morgan fingerprint density at radius 1 is 1.39 bits per heavy atom. The molecule has 1 aromatic rings. The number of hydrogen-bond acceptors (Lipinski definition) is 3. The maximum atomic E-state index is 6.12. The molecule has 0 amide bonds. The molecule has 3 nitrogen and oxygen atoms in total. The van der Waals surface area contributed by atoms with Crippen molar-refractivity contribution in [3.63, 3.8) is 0 Å². The second kappa shape index (κ2) is 6.74. The summed E-state index contributed by atoms with van der Waals surface area (Å²) in [4.78, 5) is 4.35. The zero-order chi connectivity index (χ0) is 12.8. The first kappa shape index (κ1) is 13.3. The van der Waals surface area contributed by atoms with E-state index in [1.807, 2.05) is 12.3 Å². The van der Waals surface area contributed by atoms with Gasteiger partial charge < -0.3 is 10.1 Å². The summed E-state index contributed by atoms with van der Waals surface area (Å²) in [6.45, 7) is 6.18. The summed E-state index contributed by atoms with van der Waals surface area (Å²) in [5.74, 6) is 1.64. The van der Waals surface area contributed by atoms with Crippen molar-refractivity contribution in [3.05, 3.63) is 24.0 Å². The number of aromatic nitrogens is 1. The molecule has 0 aliphatic heterocycles. The summed E-state index contributed by atoms with van der Waals surface area (Å²) in [6.07, 6.45) is 7.35. The van der Waals surface area contributed by atoms with E-state index in [9.17, 15) is 0 Å². The predicted molar refractivity (Wildman–Crippen MR) is 73.7 cm³/mol. The fourth-order valence-electron chi connectivity index (χ4n) is 2.51. The van der Waals surface area contributed by atoms with Gasteiger partial charge in [0.15, 0.2) is 0 Å². The quantitative estimate of drug-likeness (QED) is 0.869. The summed E-state index contributed by atoms with van der Waals surface area (Å²) in [7, 11) is 0. The van der Waals surface area contributed by atoms with Crippen LogP contribution in [0.2, 0.25) is 0 Å². The molecule has 3 heteroatoms. The zero-order valence-corrected chi connectivity index (χ0v) is 11.5. The Kier molecular flexibility index (Phi) is 5.00. The minimum absolute atomic E-state index is 0.383. The molecule has 0 aromatic carbocycles. The molecular formula is C15H24N2O. The highest BCUT2D eigenvalue weighted by atomic mass is 16.5. The first-order valence-corrected chi connectivity index (χ1v) is 7.12. The van der Waals surface area contributed by atoms with Crippen LogP contribution in [0.15, 0.2) is 18.3 Å². The maximum Gasteiger partial charge on any atom is 0.123 e. The molecule has 1 heterocycles. The molecule has 0 spiro atoms. The predicted octanol–water partition coefficient (Wildman–Crippen LogP) is 3.15. The highest BCUT2D eigenvalue weighted by Crippen LogP contribution is 2.28. The Balaban J connectivity index is 1.95. The fourth-order valence-corrected chi connectivity index (χ4v) is 2.51. The Morgan fingerprint density at radius 3 is 3.00 bits per heavy atom. The maximum absolute atomic E-state index is 6.12. The van der Waals surface area contributed by atoms with Crippen LogP contribution in [-0.4, -0.2) is 17.6 Å². The lowest BCUT2D eigenvalue weighted by Gasteiger charge is -2.29. The lowest BCUT2D eigenvalue weighted by molar-refractivity contribution is 0.102. The first-order chi connectivity index (χ1) is 8.79. The summed E-state index contributed by atoms with van der Waals surface area (Å²) < 4.78 is 6.12. The Bertz CT molecular complexity index is 367. The third kappa shape index (κ3) is 3.70. The molecule has 0 bridgehead atoms. The van der Waals surface area contributed by atoms with Crippen molar-refractivity contribution in [1.82, 2.24) is 10.3 Å². The van der Waals surface area contributed by atoms with Crippen molar-refractivity contribution >= 4 is 0 Å². The van der Waals surface area contributed by atoms with Gasteiger partial charge in [-0.1, -0.05) is 20.3 Å². The third-order valence-corrected chi connectivity index (χ3v) is 3.66. The van der Waals surface area contributed by atoms with Crippen molar-refractivity contribution in [3.8, 4) is 5.75 Å². The molecule has 2 atom stereocenters. The minimum Gasteiger partial charge on any atom is -0.490 e. The van der Waals surface area contributed by atoms with E-state index >= 15 is 0 Å². The number of nitrogens with one attached hydrogen (secondary N) is 1. The van der Waals surface area contributed by atoms with Gasteiger partial charge in [0.2, 0.25) is 0 Å². The van der Waals surface area contributed by atoms with Gasteiger partial charge in [-0.05, 0) is 37.8 Å². The number of pyridine rings is 1. The van der Waals surface area contributed by atoms with Gasteiger partial charge in [-0.15, -0.1) is 0 Å². The summed E-state index contributed by atoms with van der Waals surface area (Å²) in [6, 6.07) is 4.03. The molecule has 0 radical (unpaired) electrons. The van der Waals surface area contributed by atoms with Crippen LogP contribution in [0.5, 0.6) is 5.75 Å². The van der Waals surface area contributed by atoms with Crippen LogP contribution in [0.3, 0.4) is 0 Å². The Hall–Kier alpha value is -1.09. The molecule has 2 unspecified atom stereocenters. The second-order valence-corrected chi connectivity index (χ2v) is 5.18. The normalized spacial score (nSPS) is 23.9. The average molecular weight is 248 g/mol. The molecule has 1 N–H and O–H groups in total. The van der Waals surface area contributed by atoms with Gasteiger partial charge in [-0.3, -0.25) is 4.98 Å². The topological polar surface area (TPSA) is 34.1 Å². The van der Waals surface area contributed by atoms with Crippen LogP contribution >= 0.6 is 0 Å². The zero-order valence-electron chi connectivity index (χ0n) is 11.5. The number of nitrogens with zero attached hydrogens (tertiary/aromatic N) is 1. The Labute approximate surface area is 110 Å². The molecule has 1 saturated carbocycles. The van der Waals surface area contributed by atoms with Crippen LogP contribution in [0.1, 0.15) is 45.2 Å². The van der Waals surface area contributed by atoms with Crippen molar-refractivity contribution in [1.29, 1.82) is 0 Å². The van der Waals surface area contributed by atoms with Gasteiger partial charge in [0.1, 0.15) is 11.9 Å². The Morgan fingerprint density at radius 2 is 2.22 bits per heavy atom. The summed E-state index contributed by atoms with van der Waals surface area (Å²) in [5, 5.41) is 3.29. The molecule has 1 aliphatic rings. The molecule has 1 aromatic heterocycles. The van der Waals surface area contributed by atoms with Crippen LogP contribution in [0.4, 0.5) is 0 Å². The van der Waals surface area contributed by atoms with Crippen LogP contribution in [0.25, 0.3) is 0 Å². The summed E-state index contributed by atoms with van der Waals surface area (Å²) in [5.41, 5.74) is 1.05. The van der Waals surface area contributed by atoms with Gasteiger partial charge in [0, 0.05) is 18.8 Å². The minimum atomic E-state index is 0.383. The standard InChI is InChI=1S/C15H24N2O/c1-3-16-11-13-10-14(8-9-17-13)18-15-7-5-4-6-12(15)2/h8-10,12,15-16H,3-7,11H2,1-2H3. The van der Waals surface area contributed by atoms with E-state index in [1.165, 1.54) is 25.7 Å². The number of ether oxygens (including phenoxy) is 1. The van der Waals surface area contributed by atoms with Crippen LogP contribution in [0, 0.1) is 5.92 Å². The van der Waals surface area contributed by atoms with Crippen LogP contribution < -0.4 is 10.1 Å². The second-order valence-electron chi connectivity index (χ2n) is 5.18.